The largest absolute Gasteiger partial charge is 0.497 e. The van der Waals surface area contributed by atoms with E-state index in [1.807, 2.05) is 43.3 Å². The van der Waals surface area contributed by atoms with Crippen LogP contribution in [0.3, 0.4) is 0 Å². The number of ether oxygens (including phenoxy) is 2. The number of nitrogens with two attached hydrogens (primary N) is 1. The summed E-state index contributed by atoms with van der Waals surface area (Å²) in [6, 6.07) is 7.49. The van der Waals surface area contributed by atoms with Gasteiger partial charge in [0.2, 0.25) is 5.95 Å². The molecule has 112 valence electrons. The van der Waals surface area contributed by atoms with Crippen molar-refractivity contribution in [2.75, 3.05) is 33.2 Å². The van der Waals surface area contributed by atoms with E-state index < -0.39 is 0 Å². The summed E-state index contributed by atoms with van der Waals surface area (Å²) in [6.07, 6.45) is 0. The van der Waals surface area contributed by atoms with Crippen molar-refractivity contribution in [3.05, 3.63) is 30.0 Å². The predicted octanol–water partition coefficient (Wildman–Crippen LogP) is 1.69. The van der Waals surface area contributed by atoms with Gasteiger partial charge in [0.05, 0.1) is 25.6 Å². The Morgan fingerprint density at radius 1 is 1.10 bits per heavy atom. The Kier molecular flexibility index (Phi) is 4.59. The molecule has 2 aromatic rings. The van der Waals surface area contributed by atoms with Gasteiger partial charge in [0.25, 0.3) is 0 Å². The molecule has 0 aliphatic rings. The maximum absolute atomic E-state index is 5.72. The Morgan fingerprint density at radius 2 is 1.86 bits per heavy atom. The van der Waals surface area contributed by atoms with Crippen LogP contribution < -0.4 is 20.1 Å². The molecule has 0 amide bonds. The minimum Gasteiger partial charge on any atom is -0.497 e. The van der Waals surface area contributed by atoms with E-state index in [2.05, 4.69) is 9.97 Å². The minimum atomic E-state index is 0.356. The third-order valence-electron chi connectivity index (χ3n) is 3.06. The first-order valence-corrected chi connectivity index (χ1v) is 6.56. The third kappa shape index (κ3) is 3.22. The van der Waals surface area contributed by atoms with Gasteiger partial charge >= 0.3 is 0 Å². The monoisotopic (exact) mass is 288 g/mol. The van der Waals surface area contributed by atoms with Crippen molar-refractivity contribution >= 4 is 5.95 Å². The number of rotatable bonds is 5. The zero-order valence-corrected chi connectivity index (χ0v) is 12.8. The molecular formula is C15H20N4O2. The molecule has 0 saturated carbocycles. The smallest absolute Gasteiger partial charge is 0.225 e. The second-order valence-corrected chi connectivity index (χ2v) is 4.71. The van der Waals surface area contributed by atoms with E-state index in [0.29, 0.717) is 18.2 Å². The number of nitrogens with zero attached hydrogens (tertiary/aromatic N) is 3. The number of hydrogen-bond donors (Lipinski definition) is 1. The van der Waals surface area contributed by atoms with Crippen LogP contribution in [0.2, 0.25) is 0 Å². The van der Waals surface area contributed by atoms with Crippen LogP contribution in [0.1, 0.15) is 5.69 Å². The first-order chi connectivity index (χ1) is 10.1. The molecule has 0 radical (unpaired) electrons. The van der Waals surface area contributed by atoms with Crippen molar-refractivity contribution in [1.29, 1.82) is 0 Å². The molecule has 0 fully saturated rings. The minimum absolute atomic E-state index is 0.356. The summed E-state index contributed by atoms with van der Waals surface area (Å²) in [7, 11) is 7.03. The third-order valence-corrected chi connectivity index (χ3v) is 3.06. The van der Waals surface area contributed by atoms with E-state index in [9.17, 15) is 0 Å². The average molecular weight is 288 g/mol. The number of anilines is 1. The summed E-state index contributed by atoms with van der Waals surface area (Å²) < 4.78 is 10.6. The van der Waals surface area contributed by atoms with Gasteiger partial charge < -0.3 is 20.1 Å². The van der Waals surface area contributed by atoms with Crippen LogP contribution in [-0.2, 0) is 6.54 Å². The summed E-state index contributed by atoms with van der Waals surface area (Å²) in [5.41, 5.74) is 8.15. The number of benzene rings is 1. The normalized spacial score (nSPS) is 10.3. The fourth-order valence-corrected chi connectivity index (χ4v) is 1.94. The van der Waals surface area contributed by atoms with Gasteiger partial charge in [0.1, 0.15) is 11.5 Å². The Bertz CT molecular complexity index is 629. The molecule has 2 N–H and O–H groups in total. The fourth-order valence-electron chi connectivity index (χ4n) is 1.94. The first kappa shape index (κ1) is 15.1. The molecule has 0 bridgehead atoms. The van der Waals surface area contributed by atoms with Crippen molar-refractivity contribution in [1.82, 2.24) is 9.97 Å². The van der Waals surface area contributed by atoms with Gasteiger partial charge in [-0.05, 0) is 18.2 Å². The highest BCUT2D eigenvalue weighted by molar-refractivity contribution is 5.69. The zero-order valence-electron chi connectivity index (χ0n) is 12.8. The Balaban J connectivity index is 2.57. The highest BCUT2D eigenvalue weighted by Gasteiger charge is 2.12. The van der Waals surface area contributed by atoms with Gasteiger partial charge in [-0.1, -0.05) is 0 Å². The summed E-state index contributed by atoms with van der Waals surface area (Å²) in [6.45, 7) is 0.356. The van der Waals surface area contributed by atoms with Crippen LogP contribution in [0, 0.1) is 0 Å². The number of hydrogen-bond acceptors (Lipinski definition) is 6. The molecule has 0 spiro atoms. The zero-order chi connectivity index (χ0) is 15.4. The quantitative estimate of drug-likeness (QED) is 0.902. The second kappa shape index (κ2) is 6.41. The van der Waals surface area contributed by atoms with Crippen LogP contribution in [-0.4, -0.2) is 38.3 Å². The molecule has 21 heavy (non-hydrogen) atoms. The Hall–Kier alpha value is -2.34. The van der Waals surface area contributed by atoms with E-state index >= 15 is 0 Å². The summed E-state index contributed by atoms with van der Waals surface area (Å²) in [5.74, 6) is 2.04. The van der Waals surface area contributed by atoms with E-state index in [-0.39, 0.29) is 0 Å². The predicted molar refractivity (Wildman–Crippen MR) is 82.8 cm³/mol. The van der Waals surface area contributed by atoms with Gasteiger partial charge in [0, 0.05) is 32.3 Å². The van der Waals surface area contributed by atoms with Crippen LogP contribution >= 0.6 is 0 Å². The van der Waals surface area contributed by atoms with Gasteiger partial charge in [-0.2, -0.15) is 0 Å². The van der Waals surface area contributed by atoms with Crippen LogP contribution in [0.15, 0.2) is 24.3 Å². The molecule has 0 atom stereocenters. The lowest BCUT2D eigenvalue weighted by atomic mass is 10.1. The van der Waals surface area contributed by atoms with E-state index in [4.69, 9.17) is 15.2 Å². The lowest BCUT2D eigenvalue weighted by Crippen LogP contribution is -2.15. The molecular weight excluding hydrogens is 268 g/mol. The van der Waals surface area contributed by atoms with Crippen molar-refractivity contribution in [3.8, 4) is 22.8 Å². The maximum atomic E-state index is 5.72. The molecule has 0 unspecified atom stereocenters. The molecule has 0 aliphatic carbocycles. The van der Waals surface area contributed by atoms with Crippen molar-refractivity contribution in [2.24, 2.45) is 5.73 Å². The molecule has 1 heterocycles. The van der Waals surface area contributed by atoms with Crippen LogP contribution in [0.5, 0.6) is 11.5 Å². The standard InChI is InChI=1S/C15H20N4O2/c1-19(2)15-17-10(9-16)7-13(18-15)12-6-5-11(20-3)8-14(12)21-4/h5-8H,9,16H2,1-4H3. The van der Waals surface area contributed by atoms with Gasteiger partial charge in [-0.3, -0.25) is 0 Å². The Labute approximate surface area is 124 Å². The number of aromatic nitrogens is 2. The first-order valence-electron chi connectivity index (χ1n) is 6.56. The molecule has 6 heteroatoms. The topological polar surface area (TPSA) is 73.5 Å². The highest BCUT2D eigenvalue weighted by Crippen LogP contribution is 2.33. The molecule has 1 aromatic heterocycles. The second-order valence-electron chi connectivity index (χ2n) is 4.71. The van der Waals surface area contributed by atoms with Crippen molar-refractivity contribution in [3.63, 3.8) is 0 Å². The van der Waals surface area contributed by atoms with Gasteiger partial charge in [-0.15, -0.1) is 0 Å². The van der Waals surface area contributed by atoms with Crippen molar-refractivity contribution in [2.45, 2.75) is 6.54 Å². The average Bonchev–Trinajstić information content (AvgIpc) is 2.53. The van der Waals surface area contributed by atoms with Gasteiger partial charge in [-0.25, -0.2) is 9.97 Å². The Morgan fingerprint density at radius 3 is 2.43 bits per heavy atom. The van der Waals surface area contributed by atoms with Gasteiger partial charge in [0.15, 0.2) is 0 Å². The summed E-state index contributed by atoms with van der Waals surface area (Å²) in [5, 5.41) is 0. The molecule has 0 saturated heterocycles. The fraction of sp³-hybridized carbons (Fsp3) is 0.333. The summed E-state index contributed by atoms with van der Waals surface area (Å²) in [4.78, 5) is 10.8. The van der Waals surface area contributed by atoms with Crippen LogP contribution in [0.4, 0.5) is 5.95 Å². The number of methoxy groups -OCH3 is 2. The SMILES string of the molecule is COc1ccc(-c2cc(CN)nc(N(C)C)n2)c(OC)c1. The van der Waals surface area contributed by atoms with E-state index in [1.54, 1.807) is 14.2 Å². The molecule has 6 nitrogen and oxygen atoms in total. The molecule has 0 aliphatic heterocycles. The van der Waals surface area contributed by atoms with Crippen LogP contribution in [0.25, 0.3) is 11.3 Å². The summed E-state index contributed by atoms with van der Waals surface area (Å²) >= 11 is 0. The van der Waals surface area contributed by atoms with E-state index in [1.165, 1.54) is 0 Å². The highest BCUT2D eigenvalue weighted by atomic mass is 16.5. The lowest BCUT2D eigenvalue weighted by Gasteiger charge is -2.15. The van der Waals surface area contributed by atoms with E-state index in [0.717, 1.165) is 22.7 Å². The maximum Gasteiger partial charge on any atom is 0.225 e. The molecule has 1 aromatic carbocycles. The molecule has 2 rings (SSSR count). The van der Waals surface area contributed by atoms with Crippen molar-refractivity contribution < 1.29 is 9.47 Å². The lowest BCUT2D eigenvalue weighted by molar-refractivity contribution is 0.395.